The number of amides is 1. The number of nitrogens with one attached hydrogen (secondary N) is 1. The Hall–Kier alpha value is -1.59. The summed E-state index contributed by atoms with van der Waals surface area (Å²) in [4.78, 5) is 11.3. The van der Waals surface area contributed by atoms with Gasteiger partial charge in [-0.3, -0.25) is 10.2 Å². The predicted molar refractivity (Wildman–Crippen MR) is 59.6 cm³/mol. The summed E-state index contributed by atoms with van der Waals surface area (Å²) in [6.07, 6.45) is 2.57. The van der Waals surface area contributed by atoms with E-state index >= 15 is 0 Å². The number of carbonyl (C=O) groups excluding carboxylic acids is 1. The Balaban J connectivity index is 2.55. The van der Waals surface area contributed by atoms with Crippen molar-refractivity contribution in [3.63, 3.8) is 0 Å². The summed E-state index contributed by atoms with van der Waals surface area (Å²) in [6, 6.07) is 1.63. The van der Waals surface area contributed by atoms with E-state index in [1.54, 1.807) is 19.1 Å². The molecular formula is C11H16N2O3. The molecule has 1 aromatic heterocycles. The van der Waals surface area contributed by atoms with Gasteiger partial charge in [-0.1, -0.05) is 6.08 Å². The zero-order valence-electron chi connectivity index (χ0n) is 9.29. The number of ether oxygens (including phenoxy) is 1. The molecule has 0 radical (unpaired) electrons. The SMILES string of the molecule is C=CCCOCc1cc(C(=O)NN)c(C)o1. The maximum atomic E-state index is 11.3. The maximum Gasteiger partial charge on any atom is 0.268 e. The van der Waals surface area contributed by atoms with Gasteiger partial charge in [0.05, 0.1) is 12.2 Å². The molecule has 88 valence electrons. The van der Waals surface area contributed by atoms with Crippen LogP contribution in [0.2, 0.25) is 0 Å². The van der Waals surface area contributed by atoms with Crippen molar-refractivity contribution in [3.05, 3.63) is 35.8 Å². The Labute approximate surface area is 94.2 Å². The van der Waals surface area contributed by atoms with Gasteiger partial charge >= 0.3 is 0 Å². The highest BCUT2D eigenvalue weighted by molar-refractivity contribution is 5.94. The zero-order chi connectivity index (χ0) is 12.0. The second kappa shape index (κ2) is 6.09. The Morgan fingerprint density at radius 1 is 1.75 bits per heavy atom. The van der Waals surface area contributed by atoms with Gasteiger partial charge < -0.3 is 9.15 Å². The second-order valence-electron chi connectivity index (χ2n) is 3.29. The Kier molecular flexibility index (Phi) is 4.75. The van der Waals surface area contributed by atoms with Crippen LogP contribution in [0.3, 0.4) is 0 Å². The minimum absolute atomic E-state index is 0.340. The normalized spacial score (nSPS) is 10.1. The standard InChI is InChI=1S/C11H16N2O3/c1-3-4-5-15-7-9-6-10(8(2)16-9)11(14)13-12/h3,6H,1,4-5,7,12H2,2H3,(H,13,14). The van der Waals surface area contributed by atoms with Crippen LogP contribution in [0.5, 0.6) is 0 Å². The first-order valence-electron chi connectivity index (χ1n) is 4.98. The van der Waals surface area contributed by atoms with Gasteiger partial charge in [-0.2, -0.15) is 0 Å². The van der Waals surface area contributed by atoms with E-state index in [1.165, 1.54) is 0 Å². The molecule has 0 aliphatic carbocycles. The van der Waals surface area contributed by atoms with Crippen LogP contribution in [0.1, 0.15) is 28.3 Å². The van der Waals surface area contributed by atoms with Gasteiger partial charge in [0.15, 0.2) is 0 Å². The molecule has 0 atom stereocenters. The molecule has 0 saturated carbocycles. The minimum atomic E-state index is -0.362. The number of furan rings is 1. The molecule has 5 nitrogen and oxygen atoms in total. The van der Waals surface area contributed by atoms with Gasteiger partial charge in [0, 0.05) is 0 Å². The molecule has 0 saturated heterocycles. The number of rotatable bonds is 6. The van der Waals surface area contributed by atoms with Gasteiger partial charge in [0.25, 0.3) is 5.91 Å². The van der Waals surface area contributed by atoms with Crippen LogP contribution in [0.15, 0.2) is 23.1 Å². The van der Waals surface area contributed by atoms with Crippen molar-refractivity contribution in [2.75, 3.05) is 6.61 Å². The third kappa shape index (κ3) is 3.22. The lowest BCUT2D eigenvalue weighted by Gasteiger charge is -1.97. The van der Waals surface area contributed by atoms with E-state index in [0.29, 0.717) is 30.3 Å². The van der Waals surface area contributed by atoms with E-state index < -0.39 is 0 Å². The zero-order valence-corrected chi connectivity index (χ0v) is 9.29. The van der Waals surface area contributed by atoms with Crippen LogP contribution in [0, 0.1) is 6.92 Å². The number of carbonyl (C=O) groups is 1. The number of hydrogen-bond acceptors (Lipinski definition) is 4. The Morgan fingerprint density at radius 3 is 3.12 bits per heavy atom. The van der Waals surface area contributed by atoms with Crippen molar-refractivity contribution >= 4 is 5.91 Å². The molecule has 0 bridgehead atoms. The van der Waals surface area contributed by atoms with Crippen LogP contribution in [0.4, 0.5) is 0 Å². The van der Waals surface area contributed by atoms with Crippen LogP contribution < -0.4 is 11.3 Å². The van der Waals surface area contributed by atoms with E-state index in [4.69, 9.17) is 15.0 Å². The van der Waals surface area contributed by atoms with Gasteiger partial charge in [0.1, 0.15) is 18.1 Å². The molecule has 1 aromatic rings. The molecule has 3 N–H and O–H groups in total. The summed E-state index contributed by atoms with van der Waals surface area (Å²) in [7, 11) is 0. The number of nitrogen functional groups attached to an aromatic ring is 1. The molecule has 0 spiro atoms. The highest BCUT2D eigenvalue weighted by atomic mass is 16.5. The molecule has 0 aliphatic heterocycles. The molecule has 1 heterocycles. The van der Waals surface area contributed by atoms with Crippen molar-refractivity contribution in [1.82, 2.24) is 5.43 Å². The molecule has 0 aliphatic rings. The van der Waals surface area contributed by atoms with Crippen molar-refractivity contribution in [3.8, 4) is 0 Å². The molecular weight excluding hydrogens is 208 g/mol. The average molecular weight is 224 g/mol. The van der Waals surface area contributed by atoms with Crippen molar-refractivity contribution < 1.29 is 13.9 Å². The first-order valence-corrected chi connectivity index (χ1v) is 4.98. The van der Waals surface area contributed by atoms with Crippen LogP contribution in [-0.2, 0) is 11.3 Å². The molecule has 1 amide bonds. The lowest BCUT2D eigenvalue weighted by atomic mass is 10.2. The highest BCUT2D eigenvalue weighted by Crippen LogP contribution is 2.15. The third-order valence-electron chi connectivity index (χ3n) is 2.06. The fourth-order valence-corrected chi connectivity index (χ4v) is 1.26. The monoisotopic (exact) mass is 224 g/mol. The summed E-state index contributed by atoms with van der Waals surface area (Å²) < 4.78 is 10.7. The van der Waals surface area contributed by atoms with Crippen molar-refractivity contribution in [2.45, 2.75) is 20.0 Å². The van der Waals surface area contributed by atoms with Crippen molar-refractivity contribution in [1.29, 1.82) is 0 Å². The summed E-state index contributed by atoms with van der Waals surface area (Å²) in [5, 5.41) is 0. The summed E-state index contributed by atoms with van der Waals surface area (Å²) in [6.45, 7) is 6.22. The smallest absolute Gasteiger partial charge is 0.268 e. The highest BCUT2D eigenvalue weighted by Gasteiger charge is 2.13. The molecule has 0 unspecified atom stereocenters. The lowest BCUT2D eigenvalue weighted by molar-refractivity contribution is 0.0952. The number of hydrogen-bond donors (Lipinski definition) is 2. The summed E-state index contributed by atoms with van der Waals surface area (Å²) in [5.74, 6) is 5.82. The van der Waals surface area contributed by atoms with Gasteiger partial charge in [-0.25, -0.2) is 5.84 Å². The topological polar surface area (TPSA) is 77.5 Å². The fraction of sp³-hybridized carbons (Fsp3) is 0.364. The Morgan fingerprint density at radius 2 is 2.50 bits per heavy atom. The maximum absolute atomic E-state index is 11.3. The largest absolute Gasteiger partial charge is 0.463 e. The molecule has 0 fully saturated rings. The number of aryl methyl sites for hydroxylation is 1. The van der Waals surface area contributed by atoms with Crippen LogP contribution in [0.25, 0.3) is 0 Å². The van der Waals surface area contributed by atoms with Gasteiger partial charge in [-0.15, -0.1) is 6.58 Å². The Bertz CT molecular complexity index is 371. The van der Waals surface area contributed by atoms with Crippen LogP contribution in [-0.4, -0.2) is 12.5 Å². The van der Waals surface area contributed by atoms with Gasteiger partial charge in [0.2, 0.25) is 0 Å². The molecule has 16 heavy (non-hydrogen) atoms. The fourth-order valence-electron chi connectivity index (χ4n) is 1.26. The van der Waals surface area contributed by atoms with Crippen molar-refractivity contribution in [2.24, 2.45) is 5.84 Å². The summed E-state index contributed by atoms with van der Waals surface area (Å²) in [5.41, 5.74) is 2.49. The first kappa shape index (κ1) is 12.5. The summed E-state index contributed by atoms with van der Waals surface area (Å²) >= 11 is 0. The van der Waals surface area contributed by atoms with E-state index in [9.17, 15) is 4.79 Å². The second-order valence-corrected chi connectivity index (χ2v) is 3.29. The third-order valence-corrected chi connectivity index (χ3v) is 2.06. The number of hydrazine groups is 1. The van der Waals surface area contributed by atoms with E-state index in [1.807, 2.05) is 0 Å². The average Bonchev–Trinajstić information content (AvgIpc) is 2.65. The predicted octanol–water partition coefficient (Wildman–Crippen LogP) is 1.28. The van der Waals surface area contributed by atoms with E-state index in [2.05, 4.69) is 12.0 Å². The minimum Gasteiger partial charge on any atom is -0.463 e. The lowest BCUT2D eigenvalue weighted by Crippen LogP contribution is -2.30. The quantitative estimate of drug-likeness (QED) is 0.251. The molecule has 1 rings (SSSR count). The van der Waals surface area contributed by atoms with Crippen LogP contribution >= 0.6 is 0 Å². The number of nitrogens with two attached hydrogens (primary N) is 1. The molecule has 0 aromatic carbocycles. The van der Waals surface area contributed by atoms with Gasteiger partial charge in [-0.05, 0) is 19.4 Å². The van der Waals surface area contributed by atoms with E-state index in [0.717, 1.165) is 6.42 Å². The van der Waals surface area contributed by atoms with E-state index in [-0.39, 0.29) is 5.91 Å². The molecule has 5 heteroatoms. The first-order chi connectivity index (χ1) is 7.69.